The van der Waals surface area contributed by atoms with Gasteiger partial charge in [-0.3, -0.25) is 4.90 Å². The van der Waals surface area contributed by atoms with Crippen LogP contribution in [0.1, 0.15) is 47.5 Å². The fraction of sp³-hybridized carbons (Fsp3) is 0.583. The summed E-state index contributed by atoms with van der Waals surface area (Å²) >= 11 is 1.55. The summed E-state index contributed by atoms with van der Waals surface area (Å²) < 4.78 is 20.3. The standard InChI is InChI=1S/C24H27FN8OS/c1-13-28-18-20(29-13)30-22(34-12-24-4-2-6-33(24)9-14(25)7-24)31-21(18)32-10-23(11-32)5-3-16-17(23)15(8-26)19(27)35-16/h14H,2-7,9-12,27H2,1H3,(H,28,29,30,31)/t14-,24+/m1/s1. The van der Waals surface area contributed by atoms with E-state index >= 15 is 0 Å². The maximum atomic E-state index is 14.2. The molecule has 1 aliphatic carbocycles. The van der Waals surface area contributed by atoms with E-state index in [0.717, 1.165) is 68.0 Å². The first-order valence-electron chi connectivity index (χ1n) is 12.2. The Kier molecular flexibility index (Phi) is 4.43. The van der Waals surface area contributed by atoms with Crippen LogP contribution in [0.15, 0.2) is 0 Å². The molecule has 3 aromatic heterocycles. The minimum atomic E-state index is -0.801. The Morgan fingerprint density at radius 1 is 1.31 bits per heavy atom. The molecule has 3 aliphatic heterocycles. The number of ether oxygens (including phenoxy) is 1. The summed E-state index contributed by atoms with van der Waals surface area (Å²) in [6.45, 7) is 5.21. The lowest BCUT2D eigenvalue weighted by molar-refractivity contribution is 0.107. The number of alkyl halides is 1. The van der Waals surface area contributed by atoms with Gasteiger partial charge in [-0.2, -0.15) is 15.2 Å². The van der Waals surface area contributed by atoms with Gasteiger partial charge in [-0.15, -0.1) is 11.3 Å². The van der Waals surface area contributed by atoms with E-state index in [-0.39, 0.29) is 17.0 Å². The van der Waals surface area contributed by atoms with E-state index in [1.54, 1.807) is 11.3 Å². The second-order valence-corrected chi connectivity index (χ2v) is 11.7. The number of aryl methyl sites for hydroxylation is 2. The Hall–Kier alpha value is -2.97. The maximum Gasteiger partial charge on any atom is 0.320 e. The number of aromatic amines is 1. The van der Waals surface area contributed by atoms with Crippen molar-refractivity contribution >= 4 is 33.3 Å². The first-order valence-corrected chi connectivity index (χ1v) is 13.0. The molecule has 9 nitrogen and oxygen atoms in total. The fourth-order valence-corrected chi connectivity index (χ4v) is 8.03. The molecule has 3 N–H and O–H groups in total. The minimum absolute atomic E-state index is 0.0643. The second kappa shape index (κ2) is 7.27. The largest absolute Gasteiger partial charge is 0.461 e. The topological polar surface area (TPSA) is 120 Å². The summed E-state index contributed by atoms with van der Waals surface area (Å²) in [6.07, 6.45) is 3.68. The lowest BCUT2D eigenvalue weighted by atomic mass is 9.74. The number of nitrogen functional groups attached to an aromatic ring is 1. The van der Waals surface area contributed by atoms with Gasteiger partial charge in [0.15, 0.2) is 11.5 Å². The lowest BCUT2D eigenvalue weighted by Gasteiger charge is -2.49. The van der Waals surface area contributed by atoms with Gasteiger partial charge >= 0.3 is 6.01 Å². The maximum absolute atomic E-state index is 14.2. The highest BCUT2D eigenvalue weighted by Gasteiger charge is 2.52. The summed E-state index contributed by atoms with van der Waals surface area (Å²) in [5.74, 6) is 1.53. The van der Waals surface area contributed by atoms with Gasteiger partial charge in [0.05, 0.1) is 11.1 Å². The van der Waals surface area contributed by atoms with E-state index in [9.17, 15) is 9.65 Å². The monoisotopic (exact) mass is 494 g/mol. The quantitative estimate of drug-likeness (QED) is 0.568. The van der Waals surface area contributed by atoms with Crippen molar-refractivity contribution in [3.05, 3.63) is 21.8 Å². The van der Waals surface area contributed by atoms with Crippen LogP contribution in [0.3, 0.4) is 0 Å². The van der Waals surface area contributed by atoms with Crippen molar-refractivity contribution in [2.45, 2.75) is 56.2 Å². The second-order valence-electron chi connectivity index (χ2n) is 10.6. The van der Waals surface area contributed by atoms with E-state index < -0.39 is 6.17 Å². The van der Waals surface area contributed by atoms with Crippen molar-refractivity contribution in [1.82, 2.24) is 24.8 Å². The molecule has 1 spiro atoms. The van der Waals surface area contributed by atoms with E-state index in [1.165, 1.54) is 4.88 Å². The predicted molar refractivity (Wildman–Crippen MR) is 131 cm³/mol. The molecule has 0 saturated carbocycles. The number of nitrogens with one attached hydrogen (secondary N) is 1. The molecule has 6 heterocycles. The van der Waals surface area contributed by atoms with Crippen molar-refractivity contribution in [3.63, 3.8) is 0 Å². The van der Waals surface area contributed by atoms with Gasteiger partial charge in [0.25, 0.3) is 0 Å². The zero-order valence-corrected chi connectivity index (χ0v) is 20.4. The van der Waals surface area contributed by atoms with E-state index in [2.05, 4.69) is 30.8 Å². The minimum Gasteiger partial charge on any atom is -0.461 e. The summed E-state index contributed by atoms with van der Waals surface area (Å²) in [5.41, 5.74) is 8.98. The van der Waals surface area contributed by atoms with Crippen LogP contribution in [0.2, 0.25) is 0 Å². The highest BCUT2D eigenvalue weighted by molar-refractivity contribution is 7.16. The smallest absolute Gasteiger partial charge is 0.320 e. The summed E-state index contributed by atoms with van der Waals surface area (Å²) in [5, 5.41) is 10.3. The van der Waals surface area contributed by atoms with Gasteiger partial charge in [0.2, 0.25) is 0 Å². The van der Waals surface area contributed by atoms with Crippen LogP contribution in [-0.4, -0.2) is 69.3 Å². The Morgan fingerprint density at radius 3 is 3.00 bits per heavy atom. The molecule has 0 amide bonds. The van der Waals surface area contributed by atoms with Crippen molar-refractivity contribution in [1.29, 1.82) is 5.26 Å². The van der Waals surface area contributed by atoms with Gasteiger partial charge in [-0.25, -0.2) is 9.37 Å². The molecule has 3 saturated heterocycles. The van der Waals surface area contributed by atoms with Crippen LogP contribution < -0.4 is 15.4 Å². The molecule has 11 heteroatoms. The first-order chi connectivity index (χ1) is 16.9. The van der Waals surface area contributed by atoms with Gasteiger partial charge < -0.3 is 20.4 Å². The number of nitrogens with two attached hydrogens (primary N) is 1. The molecular formula is C24H27FN8OS. The fourth-order valence-electron chi connectivity index (χ4n) is 6.89. The Morgan fingerprint density at radius 2 is 2.17 bits per heavy atom. The third-order valence-electron chi connectivity index (χ3n) is 8.43. The number of nitriles is 1. The van der Waals surface area contributed by atoms with Crippen LogP contribution in [0.5, 0.6) is 6.01 Å². The Labute approximate surface area is 206 Å². The third-order valence-corrected chi connectivity index (χ3v) is 9.51. The number of hydrogen-bond donors (Lipinski definition) is 2. The van der Waals surface area contributed by atoms with Crippen molar-refractivity contribution in [2.24, 2.45) is 0 Å². The van der Waals surface area contributed by atoms with E-state index in [4.69, 9.17) is 15.5 Å². The van der Waals surface area contributed by atoms with Crippen LogP contribution >= 0.6 is 11.3 Å². The van der Waals surface area contributed by atoms with Gasteiger partial charge in [0, 0.05) is 36.3 Å². The lowest BCUT2D eigenvalue weighted by Crippen LogP contribution is -2.59. The first kappa shape index (κ1) is 21.3. The number of hydrogen-bond acceptors (Lipinski definition) is 9. The van der Waals surface area contributed by atoms with Crippen LogP contribution in [-0.2, 0) is 11.8 Å². The van der Waals surface area contributed by atoms with Crippen molar-refractivity contribution in [3.8, 4) is 12.1 Å². The highest BCUT2D eigenvalue weighted by atomic mass is 32.1. The highest BCUT2D eigenvalue weighted by Crippen LogP contribution is 2.52. The Bertz CT molecular complexity index is 1390. The molecular weight excluding hydrogens is 467 g/mol. The van der Waals surface area contributed by atoms with Gasteiger partial charge in [-0.05, 0) is 44.7 Å². The van der Waals surface area contributed by atoms with Gasteiger partial charge in [0.1, 0.15) is 35.2 Å². The number of aromatic nitrogens is 4. The number of nitrogens with zero attached hydrogens (tertiary/aromatic N) is 6. The number of rotatable bonds is 4. The van der Waals surface area contributed by atoms with Crippen LogP contribution in [0.4, 0.5) is 15.2 Å². The van der Waals surface area contributed by atoms with E-state index in [0.29, 0.717) is 35.8 Å². The summed E-state index contributed by atoms with van der Waals surface area (Å²) in [6, 6.07) is 2.62. The molecule has 182 valence electrons. The van der Waals surface area contributed by atoms with Crippen molar-refractivity contribution < 1.29 is 9.13 Å². The van der Waals surface area contributed by atoms with E-state index in [1.807, 2.05) is 6.92 Å². The number of halogens is 1. The zero-order valence-electron chi connectivity index (χ0n) is 19.6. The molecule has 3 fully saturated rings. The molecule has 0 bridgehead atoms. The number of thiophene rings is 1. The number of imidazole rings is 1. The Balaban J connectivity index is 1.18. The molecule has 7 rings (SSSR count). The molecule has 0 aromatic carbocycles. The summed E-state index contributed by atoms with van der Waals surface area (Å²) in [7, 11) is 0. The molecule has 0 unspecified atom stereocenters. The zero-order chi connectivity index (χ0) is 23.9. The predicted octanol–water partition coefficient (Wildman–Crippen LogP) is 2.84. The molecule has 35 heavy (non-hydrogen) atoms. The summed E-state index contributed by atoms with van der Waals surface area (Å²) in [4.78, 5) is 22.9. The molecule has 0 radical (unpaired) electrons. The van der Waals surface area contributed by atoms with Crippen molar-refractivity contribution in [2.75, 3.05) is 43.4 Å². The average molecular weight is 495 g/mol. The third kappa shape index (κ3) is 3.02. The number of anilines is 2. The van der Waals surface area contributed by atoms with Crippen LogP contribution in [0, 0.1) is 18.3 Å². The molecule has 2 atom stereocenters. The van der Waals surface area contributed by atoms with Crippen LogP contribution in [0.25, 0.3) is 11.2 Å². The normalized spacial score (nSPS) is 26.8. The average Bonchev–Trinajstić information content (AvgIpc) is 3.56. The SMILES string of the molecule is Cc1nc2nc(OC[C@@]34CCCN3C[C@H](F)C4)nc(N3CC4(CCc5sc(N)c(C#N)c54)C3)c2[nH]1. The van der Waals surface area contributed by atoms with Gasteiger partial charge in [-0.1, -0.05) is 0 Å². The number of H-pyrrole nitrogens is 1. The number of fused-ring (bicyclic) bond motifs is 4. The molecule has 3 aromatic rings. The molecule has 4 aliphatic rings.